The summed E-state index contributed by atoms with van der Waals surface area (Å²) >= 11 is 1.47. The number of nitrogens with one attached hydrogen (secondary N) is 1. The summed E-state index contributed by atoms with van der Waals surface area (Å²) < 4.78 is 0. The molecule has 2 atom stereocenters. The van der Waals surface area contributed by atoms with E-state index in [9.17, 15) is 9.59 Å². The van der Waals surface area contributed by atoms with E-state index in [-0.39, 0.29) is 23.6 Å². The van der Waals surface area contributed by atoms with Gasteiger partial charge in [-0.1, -0.05) is 0 Å². The molecule has 0 heterocycles. The number of carboxylic acid groups (broad SMARTS) is 1. The van der Waals surface area contributed by atoms with E-state index < -0.39 is 5.97 Å². The van der Waals surface area contributed by atoms with Crippen molar-refractivity contribution in [3.8, 4) is 0 Å². The van der Waals surface area contributed by atoms with Crippen LogP contribution in [-0.4, -0.2) is 34.5 Å². The molecule has 86 valence electrons. The Morgan fingerprint density at radius 3 is 2.53 bits per heavy atom. The van der Waals surface area contributed by atoms with E-state index in [2.05, 4.69) is 5.32 Å². The molecule has 1 aliphatic rings. The number of aliphatic carboxylic acids is 1. The smallest absolute Gasteiger partial charge is 0.305 e. The van der Waals surface area contributed by atoms with Crippen molar-refractivity contribution in [3.63, 3.8) is 0 Å². The van der Waals surface area contributed by atoms with Crippen molar-refractivity contribution < 1.29 is 14.7 Å². The second-order valence-corrected chi connectivity index (χ2v) is 5.11. The monoisotopic (exact) mass is 231 g/mol. The molecule has 2 N–H and O–H groups in total. The molecule has 0 bridgehead atoms. The zero-order chi connectivity index (χ0) is 11.4. The van der Waals surface area contributed by atoms with Gasteiger partial charge in [-0.25, -0.2) is 0 Å². The Bertz CT molecular complexity index is 253. The Morgan fingerprint density at radius 2 is 2.13 bits per heavy atom. The predicted octanol–water partition coefficient (Wildman–Crippen LogP) is 1.11. The first kappa shape index (κ1) is 12.4. The molecule has 1 aliphatic carbocycles. The van der Waals surface area contributed by atoms with Crippen molar-refractivity contribution in [2.24, 2.45) is 5.92 Å². The van der Waals surface area contributed by atoms with Gasteiger partial charge in [0.15, 0.2) is 0 Å². The lowest BCUT2D eigenvalue weighted by Gasteiger charge is -2.18. The Morgan fingerprint density at radius 1 is 1.53 bits per heavy atom. The third-order valence-electron chi connectivity index (χ3n) is 2.64. The molecule has 0 saturated heterocycles. The normalized spacial score (nSPS) is 19.3. The molecule has 15 heavy (non-hydrogen) atoms. The van der Waals surface area contributed by atoms with Gasteiger partial charge in [-0.05, 0) is 31.9 Å². The fourth-order valence-corrected chi connectivity index (χ4v) is 1.71. The number of carbonyl (C=O) groups excluding carboxylic acids is 1. The van der Waals surface area contributed by atoms with Crippen LogP contribution in [0.25, 0.3) is 0 Å². The molecule has 0 aromatic carbocycles. The van der Waals surface area contributed by atoms with Crippen LogP contribution < -0.4 is 5.32 Å². The van der Waals surface area contributed by atoms with Crippen LogP contribution in [0.1, 0.15) is 26.2 Å². The van der Waals surface area contributed by atoms with Gasteiger partial charge in [0.1, 0.15) is 0 Å². The van der Waals surface area contributed by atoms with E-state index in [0.717, 1.165) is 12.8 Å². The minimum atomic E-state index is -0.844. The summed E-state index contributed by atoms with van der Waals surface area (Å²) in [6, 6.07) is -0.176. The highest BCUT2D eigenvalue weighted by Crippen LogP contribution is 2.34. The Hall–Kier alpha value is -0.710. The average molecular weight is 231 g/mol. The molecule has 0 radical (unpaired) electrons. The van der Waals surface area contributed by atoms with Gasteiger partial charge in [0, 0.05) is 6.04 Å². The van der Waals surface area contributed by atoms with Crippen molar-refractivity contribution >= 4 is 23.6 Å². The van der Waals surface area contributed by atoms with Gasteiger partial charge in [0.05, 0.1) is 11.7 Å². The van der Waals surface area contributed by atoms with Crippen LogP contribution in [0.5, 0.6) is 0 Å². The highest BCUT2D eigenvalue weighted by molar-refractivity contribution is 7.99. The van der Waals surface area contributed by atoms with Gasteiger partial charge >= 0.3 is 5.97 Å². The van der Waals surface area contributed by atoms with Crippen molar-refractivity contribution in [1.29, 1.82) is 0 Å². The van der Waals surface area contributed by atoms with E-state index in [0.29, 0.717) is 5.92 Å². The van der Waals surface area contributed by atoms with Crippen molar-refractivity contribution in [2.45, 2.75) is 37.5 Å². The van der Waals surface area contributed by atoms with E-state index in [4.69, 9.17) is 5.11 Å². The second-order valence-electron chi connectivity index (χ2n) is 3.93. The van der Waals surface area contributed by atoms with Gasteiger partial charge in [-0.15, -0.1) is 0 Å². The fraction of sp³-hybridized carbons (Fsp3) is 0.800. The zero-order valence-electron chi connectivity index (χ0n) is 9.03. The van der Waals surface area contributed by atoms with Crippen LogP contribution >= 0.6 is 11.8 Å². The first-order chi connectivity index (χ1) is 7.04. The number of hydrogen-bond donors (Lipinski definition) is 2. The maximum absolute atomic E-state index is 11.6. The number of carbonyl (C=O) groups is 2. The van der Waals surface area contributed by atoms with Gasteiger partial charge < -0.3 is 10.4 Å². The molecule has 1 amide bonds. The number of hydrogen-bond acceptors (Lipinski definition) is 3. The molecule has 1 saturated carbocycles. The number of thioether (sulfide) groups is 1. The van der Waals surface area contributed by atoms with Crippen LogP contribution in [-0.2, 0) is 9.59 Å². The summed E-state index contributed by atoms with van der Waals surface area (Å²) in [7, 11) is 0. The quantitative estimate of drug-likeness (QED) is 0.718. The SMILES string of the molecule is CSC(C)C(=O)NC(CC(=O)O)C1CC1. The lowest BCUT2D eigenvalue weighted by Crippen LogP contribution is -2.41. The highest BCUT2D eigenvalue weighted by atomic mass is 32.2. The van der Waals surface area contributed by atoms with E-state index in [1.165, 1.54) is 11.8 Å². The van der Waals surface area contributed by atoms with Crippen LogP contribution in [0.3, 0.4) is 0 Å². The molecule has 0 spiro atoms. The molecule has 0 aliphatic heterocycles. The summed E-state index contributed by atoms with van der Waals surface area (Å²) in [6.45, 7) is 1.82. The minimum Gasteiger partial charge on any atom is -0.481 e. The summed E-state index contributed by atoms with van der Waals surface area (Å²) in [6.07, 6.45) is 3.98. The van der Waals surface area contributed by atoms with Gasteiger partial charge in [0.2, 0.25) is 5.91 Å². The standard InChI is InChI=1S/C10H17NO3S/c1-6(15-2)10(14)11-8(5-9(12)13)7-3-4-7/h6-8H,3-5H2,1-2H3,(H,11,14)(H,12,13). The largest absolute Gasteiger partial charge is 0.481 e. The lowest BCUT2D eigenvalue weighted by molar-refractivity contribution is -0.137. The predicted molar refractivity (Wildman–Crippen MR) is 59.9 cm³/mol. The number of amides is 1. The number of rotatable bonds is 6. The van der Waals surface area contributed by atoms with Crippen molar-refractivity contribution in [2.75, 3.05) is 6.26 Å². The Kier molecular flexibility index (Phi) is 4.45. The third-order valence-corrected chi connectivity index (χ3v) is 3.56. The Labute approximate surface area is 93.8 Å². The van der Waals surface area contributed by atoms with Crippen LogP contribution in [0.15, 0.2) is 0 Å². The van der Waals surface area contributed by atoms with Crippen molar-refractivity contribution in [3.05, 3.63) is 0 Å². The molecular weight excluding hydrogens is 214 g/mol. The zero-order valence-corrected chi connectivity index (χ0v) is 9.84. The molecule has 2 unspecified atom stereocenters. The second kappa shape index (κ2) is 5.39. The van der Waals surface area contributed by atoms with Gasteiger partial charge in [-0.3, -0.25) is 9.59 Å². The topological polar surface area (TPSA) is 66.4 Å². The fourth-order valence-electron chi connectivity index (χ4n) is 1.43. The maximum Gasteiger partial charge on any atom is 0.305 e. The van der Waals surface area contributed by atoms with Crippen LogP contribution in [0.2, 0.25) is 0 Å². The van der Waals surface area contributed by atoms with E-state index in [1.807, 2.05) is 13.2 Å². The molecule has 5 heteroatoms. The molecule has 0 aromatic heterocycles. The molecule has 4 nitrogen and oxygen atoms in total. The van der Waals surface area contributed by atoms with Gasteiger partial charge in [0.25, 0.3) is 0 Å². The first-order valence-corrected chi connectivity index (χ1v) is 6.38. The maximum atomic E-state index is 11.6. The molecule has 1 rings (SSSR count). The highest BCUT2D eigenvalue weighted by Gasteiger charge is 2.34. The molecular formula is C10H17NO3S. The molecule has 1 fully saturated rings. The van der Waals surface area contributed by atoms with Crippen LogP contribution in [0.4, 0.5) is 0 Å². The summed E-state index contributed by atoms with van der Waals surface area (Å²) in [5, 5.41) is 11.4. The van der Waals surface area contributed by atoms with Crippen LogP contribution in [0, 0.1) is 5.92 Å². The number of carboxylic acids is 1. The van der Waals surface area contributed by atoms with Crippen molar-refractivity contribution in [1.82, 2.24) is 5.32 Å². The minimum absolute atomic E-state index is 0.0392. The Balaban J connectivity index is 2.43. The van der Waals surface area contributed by atoms with E-state index in [1.54, 1.807) is 0 Å². The van der Waals surface area contributed by atoms with Gasteiger partial charge in [-0.2, -0.15) is 11.8 Å². The lowest BCUT2D eigenvalue weighted by atomic mass is 10.1. The first-order valence-electron chi connectivity index (χ1n) is 5.09. The summed E-state index contributed by atoms with van der Waals surface area (Å²) in [4.78, 5) is 22.2. The van der Waals surface area contributed by atoms with E-state index >= 15 is 0 Å². The molecule has 0 aromatic rings. The summed E-state index contributed by atoms with van der Waals surface area (Å²) in [5.41, 5.74) is 0. The summed E-state index contributed by atoms with van der Waals surface area (Å²) in [5.74, 6) is -0.524. The third kappa shape index (κ3) is 4.11. The average Bonchev–Trinajstić information content (AvgIpc) is 2.97.